The second-order valence-electron chi connectivity index (χ2n) is 6.10. The normalized spacial score (nSPS) is 12.3. The van der Waals surface area contributed by atoms with E-state index in [-0.39, 0.29) is 17.5 Å². The second-order valence-corrected chi connectivity index (χ2v) is 10.4. The van der Waals surface area contributed by atoms with E-state index >= 15 is 0 Å². The summed E-state index contributed by atoms with van der Waals surface area (Å²) >= 11 is 0. The summed E-state index contributed by atoms with van der Waals surface area (Å²) in [6.45, 7) is 2.52. The van der Waals surface area contributed by atoms with Crippen molar-refractivity contribution in [2.75, 3.05) is 18.9 Å². The molecule has 0 N–H and O–H groups in total. The molecule has 0 heterocycles. The summed E-state index contributed by atoms with van der Waals surface area (Å²) in [6, 6.07) is 19.5. The largest absolute Gasteiger partial charge is 0.355 e. The Morgan fingerprint density at radius 2 is 1.00 bits per heavy atom. The molecule has 3 aromatic rings. The Kier molecular flexibility index (Phi) is 7.62. The van der Waals surface area contributed by atoms with Crippen LogP contribution in [0.4, 0.5) is 13.2 Å². The predicted molar refractivity (Wildman–Crippen MR) is 113 cm³/mol. The Morgan fingerprint density at radius 1 is 0.607 bits per heavy atom. The van der Waals surface area contributed by atoms with E-state index in [1.807, 2.05) is 6.92 Å². The topological polar surface area (TPSA) is 9.23 Å². The first-order valence-corrected chi connectivity index (χ1v) is 12.0. The maximum absolute atomic E-state index is 13.4. The summed E-state index contributed by atoms with van der Waals surface area (Å²) in [6.07, 6.45) is 1.60. The van der Waals surface area contributed by atoms with Crippen LogP contribution < -0.4 is 15.9 Å². The molecular formula is C22H21F3OP2. The monoisotopic (exact) mass is 420 g/mol. The number of hydrogen-bond acceptors (Lipinski definition) is 1. The van der Waals surface area contributed by atoms with Crippen molar-refractivity contribution in [3.05, 3.63) is 90.2 Å². The van der Waals surface area contributed by atoms with E-state index in [0.717, 1.165) is 28.2 Å². The molecule has 0 saturated heterocycles. The van der Waals surface area contributed by atoms with Gasteiger partial charge in [-0.1, -0.05) is 24.3 Å². The molecule has 1 nitrogen and oxygen atoms in total. The quantitative estimate of drug-likeness (QED) is 0.450. The van der Waals surface area contributed by atoms with E-state index in [4.69, 9.17) is 4.52 Å². The third-order valence-corrected chi connectivity index (χ3v) is 9.14. The molecule has 0 amide bonds. The van der Waals surface area contributed by atoms with E-state index in [9.17, 15) is 13.2 Å². The molecule has 28 heavy (non-hydrogen) atoms. The van der Waals surface area contributed by atoms with Crippen LogP contribution in [0.25, 0.3) is 0 Å². The molecule has 0 aliphatic carbocycles. The number of hydrogen-bond donors (Lipinski definition) is 0. The molecule has 0 aliphatic rings. The first kappa shape index (κ1) is 21.0. The summed E-state index contributed by atoms with van der Waals surface area (Å²) in [7, 11) is -1.68. The SMILES string of the molecule is CCOP(CCP(c1ccc(F)cc1)c1ccc(F)cc1)c1ccc(F)cc1. The van der Waals surface area contributed by atoms with E-state index < -0.39 is 16.1 Å². The Morgan fingerprint density at radius 3 is 1.39 bits per heavy atom. The zero-order chi connectivity index (χ0) is 19.9. The Balaban J connectivity index is 1.84. The van der Waals surface area contributed by atoms with Crippen LogP contribution in [0.1, 0.15) is 6.92 Å². The molecule has 0 radical (unpaired) electrons. The highest BCUT2D eigenvalue weighted by Gasteiger charge is 2.19. The van der Waals surface area contributed by atoms with Gasteiger partial charge in [0.05, 0.1) is 8.15 Å². The molecule has 0 bridgehead atoms. The number of halogens is 3. The number of rotatable bonds is 8. The highest BCUT2D eigenvalue weighted by molar-refractivity contribution is 7.74. The smallest absolute Gasteiger partial charge is 0.123 e. The van der Waals surface area contributed by atoms with Crippen molar-refractivity contribution in [1.82, 2.24) is 0 Å². The van der Waals surface area contributed by atoms with Gasteiger partial charge >= 0.3 is 0 Å². The minimum absolute atomic E-state index is 0.268. The lowest BCUT2D eigenvalue weighted by atomic mass is 10.3. The lowest BCUT2D eigenvalue weighted by Gasteiger charge is -2.23. The van der Waals surface area contributed by atoms with Crippen molar-refractivity contribution >= 4 is 32.0 Å². The molecule has 3 aromatic carbocycles. The van der Waals surface area contributed by atoms with Crippen molar-refractivity contribution in [2.45, 2.75) is 6.92 Å². The van der Waals surface area contributed by atoms with Gasteiger partial charge in [0.25, 0.3) is 0 Å². The summed E-state index contributed by atoms with van der Waals surface area (Å²) in [5, 5.41) is 3.06. The Hall–Kier alpha value is -1.73. The van der Waals surface area contributed by atoms with Crippen LogP contribution in [0.5, 0.6) is 0 Å². The first-order valence-electron chi connectivity index (χ1n) is 9.01. The maximum atomic E-state index is 13.4. The van der Waals surface area contributed by atoms with Crippen molar-refractivity contribution in [3.63, 3.8) is 0 Å². The molecule has 6 heteroatoms. The predicted octanol–water partition coefficient (Wildman–Crippen LogP) is 5.30. The summed E-state index contributed by atoms with van der Waals surface area (Å²) in [5.41, 5.74) is 0. The molecule has 0 fully saturated rings. The van der Waals surface area contributed by atoms with Gasteiger partial charge in [-0.05, 0) is 80.1 Å². The Labute approximate surface area is 166 Å². The molecule has 146 valence electrons. The van der Waals surface area contributed by atoms with Crippen LogP contribution in [0, 0.1) is 17.5 Å². The first-order chi connectivity index (χ1) is 13.6. The third kappa shape index (κ3) is 5.64. The van der Waals surface area contributed by atoms with Gasteiger partial charge < -0.3 is 4.52 Å². The molecule has 0 aliphatic heterocycles. The van der Waals surface area contributed by atoms with Crippen molar-refractivity contribution in [2.24, 2.45) is 0 Å². The van der Waals surface area contributed by atoms with Crippen LogP contribution in [-0.4, -0.2) is 18.9 Å². The van der Waals surface area contributed by atoms with Crippen LogP contribution in [0.3, 0.4) is 0 Å². The van der Waals surface area contributed by atoms with Gasteiger partial charge in [0.1, 0.15) is 17.5 Å². The Bertz CT molecular complexity index is 822. The minimum Gasteiger partial charge on any atom is -0.355 e. The highest BCUT2D eigenvalue weighted by atomic mass is 31.1. The highest BCUT2D eigenvalue weighted by Crippen LogP contribution is 2.42. The average molecular weight is 420 g/mol. The zero-order valence-electron chi connectivity index (χ0n) is 15.5. The van der Waals surface area contributed by atoms with E-state index in [0.29, 0.717) is 6.61 Å². The summed E-state index contributed by atoms with van der Waals surface area (Å²) in [4.78, 5) is 0. The lowest BCUT2D eigenvalue weighted by molar-refractivity contribution is 0.383. The van der Waals surface area contributed by atoms with Crippen LogP contribution >= 0.6 is 16.1 Å². The van der Waals surface area contributed by atoms with Gasteiger partial charge in [0.2, 0.25) is 0 Å². The summed E-state index contributed by atoms with van der Waals surface area (Å²) in [5.74, 6) is -0.823. The second kappa shape index (κ2) is 10.2. The maximum Gasteiger partial charge on any atom is 0.123 e. The van der Waals surface area contributed by atoms with Gasteiger partial charge in [-0.15, -0.1) is 0 Å². The van der Waals surface area contributed by atoms with Gasteiger partial charge in [-0.3, -0.25) is 0 Å². The third-order valence-electron chi connectivity index (χ3n) is 4.20. The molecule has 1 unspecified atom stereocenters. The van der Waals surface area contributed by atoms with Gasteiger partial charge in [-0.25, -0.2) is 13.2 Å². The number of benzene rings is 3. The average Bonchev–Trinajstić information content (AvgIpc) is 2.70. The molecule has 3 rings (SSSR count). The fourth-order valence-electron chi connectivity index (χ4n) is 2.87. The van der Waals surface area contributed by atoms with Crippen LogP contribution in [0.15, 0.2) is 72.8 Å². The zero-order valence-corrected chi connectivity index (χ0v) is 17.3. The minimum atomic E-state index is -0.893. The summed E-state index contributed by atoms with van der Waals surface area (Å²) < 4.78 is 46.0. The van der Waals surface area contributed by atoms with Crippen LogP contribution in [0.2, 0.25) is 0 Å². The van der Waals surface area contributed by atoms with E-state index in [1.165, 1.54) is 36.4 Å². The van der Waals surface area contributed by atoms with Crippen molar-refractivity contribution in [1.29, 1.82) is 0 Å². The molecule has 0 saturated carbocycles. The van der Waals surface area contributed by atoms with E-state index in [1.54, 1.807) is 36.4 Å². The van der Waals surface area contributed by atoms with Crippen LogP contribution in [-0.2, 0) is 4.52 Å². The fraction of sp³-hybridized carbons (Fsp3) is 0.182. The van der Waals surface area contributed by atoms with E-state index in [2.05, 4.69) is 0 Å². The van der Waals surface area contributed by atoms with Crippen molar-refractivity contribution < 1.29 is 17.7 Å². The van der Waals surface area contributed by atoms with Gasteiger partial charge in [0, 0.05) is 18.1 Å². The molecule has 0 aromatic heterocycles. The van der Waals surface area contributed by atoms with Gasteiger partial charge in [-0.2, -0.15) is 0 Å². The van der Waals surface area contributed by atoms with Gasteiger partial charge in [0.15, 0.2) is 0 Å². The molecule has 0 spiro atoms. The lowest BCUT2D eigenvalue weighted by Crippen LogP contribution is -2.17. The fourth-order valence-corrected chi connectivity index (χ4v) is 7.56. The molecular weight excluding hydrogens is 399 g/mol. The van der Waals surface area contributed by atoms with Crippen molar-refractivity contribution in [3.8, 4) is 0 Å². The standard InChI is InChI=1S/C22H21F3OP2/c1-2-26-28(22-13-7-19(25)8-14-22)16-15-27(20-9-3-17(23)4-10-20)21-11-5-18(24)6-12-21/h3-14H,2,15-16H2,1H3. The molecule has 1 atom stereocenters.